The monoisotopic (exact) mass is 455 g/mol. The molecule has 0 fully saturated rings. The molecule has 0 radical (unpaired) electrons. The topological polar surface area (TPSA) is 152 Å². The number of nitro groups is 2. The molecule has 0 aliphatic heterocycles. The van der Waals surface area contributed by atoms with Crippen LogP contribution in [-0.2, 0) is 4.79 Å². The number of aromatic nitrogens is 2. The van der Waals surface area contributed by atoms with Gasteiger partial charge in [-0.25, -0.2) is 0 Å². The molecule has 12 heteroatoms. The Labute approximate surface area is 188 Å². The number of hydrogen-bond acceptors (Lipinski definition) is 8. The summed E-state index contributed by atoms with van der Waals surface area (Å²) >= 11 is 0. The van der Waals surface area contributed by atoms with Gasteiger partial charge in [-0.2, -0.15) is 5.10 Å². The van der Waals surface area contributed by atoms with Crippen LogP contribution in [0.4, 0.5) is 17.1 Å². The Morgan fingerprint density at radius 1 is 1.03 bits per heavy atom. The second-order valence-electron chi connectivity index (χ2n) is 7.14. The molecule has 3 rings (SSSR count). The number of benzene rings is 2. The molecule has 1 aromatic heterocycles. The van der Waals surface area contributed by atoms with Crippen LogP contribution >= 0.6 is 0 Å². The highest BCUT2D eigenvalue weighted by Crippen LogP contribution is 2.31. The van der Waals surface area contributed by atoms with Crippen LogP contribution in [0.3, 0.4) is 0 Å². The first-order valence-corrected chi connectivity index (χ1v) is 9.73. The van der Waals surface area contributed by atoms with Gasteiger partial charge in [-0.05, 0) is 45.0 Å². The number of amides is 1. The third-order valence-corrected chi connectivity index (χ3v) is 4.88. The molecule has 0 spiro atoms. The normalized spacial score (nSPS) is 11.5. The van der Waals surface area contributed by atoms with Gasteiger partial charge in [-0.3, -0.25) is 29.7 Å². The Bertz CT molecular complexity index is 1220. The summed E-state index contributed by atoms with van der Waals surface area (Å²) in [7, 11) is 1.52. The van der Waals surface area contributed by atoms with Crippen molar-refractivity contribution in [2.24, 2.45) is 0 Å². The van der Waals surface area contributed by atoms with Crippen LogP contribution in [0.2, 0.25) is 0 Å². The summed E-state index contributed by atoms with van der Waals surface area (Å²) in [6.45, 7) is 4.50. The van der Waals surface area contributed by atoms with Gasteiger partial charge in [-0.1, -0.05) is 0 Å². The minimum Gasteiger partial charge on any atom is -0.497 e. The fourth-order valence-electron chi connectivity index (χ4n) is 3.25. The van der Waals surface area contributed by atoms with Gasteiger partial charge in [0.1, 0.15) is 34.7 Å². The van der Waals surface area contributed by atoms with Crippen LogP contribution < -0.4 is 14.8 Å². The first-order valence-electron chi connectivity index (χ1n) is 9.73. The molecule has 0 bridgehead atoms. The lowest BCUT2D eigenvalue weighted by Gasteiger charge is -2.15. The van der Waals surface area contributed by atoms with E-state index in [2.05, 4.69) is 10.4 Å². The number of carbonyl (C=O) groups excluding carboxylic acids is 1. The van der Waals surface area contributed by atoms with Gasteiger partial charge in [0.2, 0.25) is 5.91 Å². The van der Waals surface area contributed by atoms with Crippen LogP contribution in [-0.4, -0.2) is 32.6 Å². The van der Waals surface area contributed by atoms with Gasteiger partial charge < -0.3 is 14.8 Å². The SMILES string of the molecule is COc1ccc(Oc2cc(NC(=O)C(C)n3nc(C)c([N+](=O)[O-])c3C)cc([N+](=O)[O-])c2)cc1. The molecule has 0 saturated carbocycles. The van der Waals surface area contributed by atoms with E-state index in [-0.39, 0.29) is 34.2 Å². The fourth-order valence-corrected chi connectivity index (χ4v) is 3.25. The molecule has 1 atom stereocenters. The van der Waals surface area contributed by atoms with E-state index in [1.165, 1.54) is 50.8 Å². The summed E-state index contributed by atoms with van der Waals surface area (Å²) in [5.74, 6) is 0.607. The van der Waals surface area contributed by atoms with Crippen LogP contribution in [0.1, 0.15) is 24.4 Å². The summed E-state index contributed by atoms with van der Waals surface area (Å²) in [6, 6.07) is 9.55. The van der Waals surface area contributed by atoms with Crippen molar-refractivity contribution in [3.05, 3.63) is 74.1 Å². The second kappa shape index (κ2) is 9.34. The summed E-state index contributed by atoms with van der Waals surface area (Å²) < 4.78 is 12.0. The minimum absolute atomic E-state index is 0.126. The quantitative estimate of drug-likeness (QED) is 0.389. The van der Waals surface area contributed by atoms with E-state index in [0.29, 0.717) is 11.5 Å². The molecule has 172 valence electrons. The zero-order valence-electron chi connectivity index (χ0n) is 18.3. The second-order valence-corrected chi connectivity index (χ2v) is 7.14. The molecule has 0 saturated heterocycles. The van der Waals surface area contributed by atoms with Crippen molar-refractivity contribution in [2.75, 3.05) is 12.4 Å². The summed E-state index contributed by atoms with van der Waals surface area (Å²) in [4.78, 5) is 34.3. The standard InChI is InChI=1S/C21H21N5O7/c1-12-20(26(30)31)13(2)24(23-12)14(3)21(27)22-15-9-16(25(28)29)11-19(10-15)33-18-7-5-17(32-4)6-8-18/h5-11,14H,1-4H3,(H,22,27). The van der Waals surface area contributed by atoms with Crippen molar-refractivity contribution in [3.63, 3.8) is 0 Å². The molecule has 3 aromatic rings. The Morgan fingerprint density at radius 2 is 1.67 bits per heavy atom. The molecule has 0 aliphatic carbocycles. The number of rotatable bonds is 8. The zero-order chi connectivity index (χ0) is 24.3. The Kier molecular flexibility index (Phi) is 6.56. The van der Waals surface area contributed by atoms with E-state index >= 15 is 0 Å². The predicted octanol–water partition coefficient (Wildman–Crippen LogP) is 4.32. The highest BCUT2D eigenvalue weighted by molar-refractivity contribution is 5.94. The molecule has 1 heterocycles. The molecular formula is C21H21N5O7. The number of hydrogen-bond donors (Lipinski definition) is 1. The number of aryl methyl sites for hydroxylation is 1. The van der Waals surface area contributed by atoms with Crippen molar-refractivity contribution >= 4 is 23.0 Å². The van der Waals surface area contributed by atoms with Crippen molar-refractivity contribution in [1.82, 2.24) is 9.78 Å². The third kappa shape index (κ3) is 5.06. The maximum atomic E-state index is 12.8. The van der Waals surface area contributed by atoms with Crippen LogP contribution in [0.5, 0.6) is 17.2 Å². The lowest BCUT2D eigenvalue weighted by molar-refractivity contribution is -0.386. The van der Waals surface area contributed by atoms with Crippen molar-refractivity contribution in [1.29, 1.82) is 0 Å². The number of non-ortho nitro benzene ring substituents is 1. The number of nitrogens with zero attached hydrogens (tertiary/aromatic N) is 4. The van der Waals surface area contributed by atoms with E-state index in [4.69, 9.17) is 9.47 Å². The summed E-state index contributed by atoms with van der Waals surface area (Å²) in [6.07, 6.45) is 0. The van der Waals surface area contributed by atoms with Crippen LogP contribution in [0.15, 0.2) is 42.5 Å². The smallest absolute Gasteiger partial charge is 0.312 e. The third-order valence-electron chi connectivity index (χ3n) is 4.88. The van der Waals surface area contributed by atoms with E-state index < -0.39 is 21.8 Å². The minimum atomic E-state index is -0.914. The van der Waals surface area contributed by atoms with Crippen molar-refractivity contribution < 1.29 is 24.1 Å². The number of anilines is 1. The molecule has 1 amide bonds. The molecule has 1 unspecified atom stereocenters. The fraction of sp³-hybridized carbons (Fsp3) is 0.238. The number of nitrogens with one attached hydrogen (secondary N) is 1. The van der Waals surface area contributed by atoms with Crippen LogP contribution in [0, 0.1) is 34.1 Å². The van der Waals surface area contributed by atoms with E-state index in [1.807, 2.05) is 0 Å². The summed E-state index contributed by atoms with van der Waals surface area (Å²) in [5.41, 5.74) is 0.0804. The van der Waals surface area contributed by atoms with Gasteiger partial charge in [0.05, 0.1) is 28.7 Å². The van der Waals surface area contributed by atoms with Crippen molar-refractivity contribution in [3.8, 4) is 17.2 Å². The van der Waals surface area contributed by atoms with Crippen molar-refractivity contribution in [2.45, 2.75) is 26.8 Å². The maximum absolute atomic E-state index is 12.8. The Hall–Kier alpha value is -4.48. The van der Waals surface area contributed by atoms with Gasteiger partial charge in [-0.15, -0.1) is 0 Å². The van der Waals surface area contributed by atoms with Gasteiger partial charge in [0.15, 0.2) is 0 Å². The van der Waals surface area contributed by atoms with E-state index in [9.17, 15) is 25.0 Å². The first-order chi connectivity index (χ1) is 15.6. The van der Waals surface area contributed by atoms with Crippen LogP contribution in [0.25, 0.3) is 0 Å². The molecule has 33 heavy (non-hydrogen) atoms. The molecule has 1 N–H and O–H groups in total. The number of nitro benzene ring substituents is 1. The zero-order valence-corrected chi connectivity index (χ0v) is 18.3. The lowest BCUT2D eigenvalue weighted by Crippen LogP contribution is -2.25. The molecule has 0 aliphatic rings. The van der Waals surface area contributed by atoms with Gasteiger partial charge in [0.25, 0.3) is 5.69 Å². The average Bonchev–Trinajstić information content (AvgIpc) is 3.07. The number of ether oxygens (including phenoxy) is 2. The lowest BCUT2D eigenvalue weighted by atomic mass is 10.2. The Balaban J connectivity index is 1.86. The Morgan fingerprint density at radius 3 is 2.21 bits per heavy atom. The molecule has 12 nitrogen and oxygen atoms in total. The highest BCUT2D eigenvalue weighted by atomic mass is 16.6. The highest BCUT2D eigenvalue weighted by Gasteiger charge is 2.27. The average molecular weight is 455 g/mol. The van der Waals surface area contributed by atoms with Gasteiger partial charge in [0, 0.05) is 12.1 Å². The largest absolute Gasteiger partial charge is 0.497 e. The molecular weight excluding hydrogens is 434 g/mol. The maximum Gasteiger partial charge on any atom is 0.312 e. The van der Waals surface area contributed by atoms with E-state index in [0.717, 1.165) is 0 Å². The number of methoxy groups -OCH3 is 1. The van der Waals surface area contributed by atoms with Gasteiger partial charge >= 0.3 is 5.69 Å². The number of carbonyl (C=O) groups is 1. The predicted molar refractivity (Wildman–Crippen MR) is 118 cm³/mol. The summed E-state index contributed by atoms with van der Waals surface area (Å²) in [5, 5.41) is 29.3. The van der Waals surface area contributed by atoms with E-state index in [1.54, 1.807) is 24.3 Å². The first kappa shape index (κ1) is 23.2. The molecule has 2 aromatic carbocycles.